The number of anilines is 2. The minimum atomic E-state index is -0.463. The van der Waals surface area contributed by atoms with Crippen LogP contribution in [0, 0.1) is 5.82 Å². The molecule has 0 saturated carbocycles. The van der Waals surface area contributed by atoms with Gasteiger partial charge in [0.1, 0.15) is 11.6 Å². The molecule has 4 rings (SSSR count). The maximum absolute atomic E-state index is 13.6. The number of ether oxygens (including phenoxy) is 1. The van der Waals surface area contributed by atoms with Crippen LogP contribution < -0.4 is 9.80 Å². The number of halogens is 1. The number of aromatic nitrogens is 2. The van der Waals surface area contributed by atoms with E-state index in [-0.39, 0.29) is 11.9 Å². The van der Waals surface area contributed by atoms with Crippen LogP contribution in [0.4, 0.5) is 16.2 Å². The van der Waals surface area contributed by atoms with Crippen molar-refractivity contribution in [1.29, 1.82) is 0 Å². The zero-order valence-corrected chi connectivity index (χ0v) is 13.9. The smallest absolute Gasteiger partial charge is 0.227 e. The highest BCUT2D eigenvalue weighted by Crippen LogP contribution is 2.36. The Bertz CT molecular complexity index is 739. The maximum Gasteiger partial charge on any atom is 0.227 e. The van der Waals surface area contributed by atoms with E-state index in [4.69, 9.17) is 9.72 Å². The van der Waals surface area contributed by atoms with Crippen molar-refractivity contribution in [3.8, 4) is 0 Å². The molecule has 2 saturated heterocycles. The molecule has 2 aliphatic rings. The highest BCUT2D eigenvalue weighted by Gasteiger charge is 2.33. The number of rotatable bonds is 3. The molecule has 0 aliphatic carbocycles. The first kappa shape index (κ1) is 16.2. The minimum absolute atomic E-state index is 0.0989. The molecule has 0 amide bonds. The van der Waals surface area contributed by atoms with Gasteiger partial charge in [0.25, 0.3) is 0 Å². The van der Waals surface area contributed by atoms with Crippen molar-refractivity contribution in [3.63, 3.8) is 0 Å². The molecule has 0 spiro atoms. The first-order valence-electron chi connectivity index (χ1n) is 8.56. The van der Waals surface area contributed by atoms with Gasteiger partial charge in [-0.15, -0.1) is 0 Å². The number of morpholine rings is 1. The van der Waals surface area contributed by atoms with Crippen molar-refractivity contribution in [3.05, 3.63) is 47.9 Å². The molecule has 3 heterocycles. The summed E-state index contributed by atoms with van der Waals surface area (Å²) in [7, 11) is 0. The Hall–Kier alpha value is -2.25. The average Bonchev–Trinajstić information content (AvgIpc) is 3.04. The lowest BCUT2D eigenvalue weighted by molar-refractivity contribution is 0.122. The normalized spacial score (nSPS) is 23.9. The maximum atomic E-state index is 13.6. The van der Waals surface area contributed by atoms with Crippen molar-refractivity contribution in [2.24, 2.45) is 0 Å². The van der Waals surface area contributed by atoms with Gasteiger partial charge in [0.05, 0.1) is 25.4 Å². The second kappa shape index (κ2) is 6.93. The number of aliphatic hydroxyl groups is 1. The van der Waals surface area contributed by atoms with Gasteiger partial charge < -0.3 is 19.6 Å². The fraction of sp³-hybridized carbons (Fsp3) is 0.444. The summed E-state index contributed by atoms with van der Waals surface area (Å²) in [5.74, 6) is 1.15. The first-order valence-corrected chi connectivity index (χ1v) is 8.56. The Balaban J connectivity index is 1.63. The average molecular weight is 344 g/mol. The van der Waals surface area contributed by atoms with Crippen LogP contribution in [0.2, 0.25) is 0 Å². The minimum Gasteiger partial charge on any atom is -0.391 e. The van der Waals surface area contributed by atoms with Crippen LogP contribution in [0.1, 0.15) is 18.0 Å². The molecule has 6 nitrogen and oxygen atoms in total. The molecule has 2 aliphatic heterocycles. The highest BCUT2D eigenvalue weighted by atomic mass is 19.1. The van der Waals surface area contributed by atoms with Crippen molar-refractivity contribution in [1.82, 2.24) is 9.97 Å². The SMILES string of the molecule is O[C@@H]1C[C@@H](c2cccc(F)c2)N(c2ccnc(N3CCOCC3)n2)C1. The van der Waals surface area contributed by atoms with Crippen molar-refractivity contribution >= 4 is 11.8 Å². The Morgan fingerprint density at radius 2 is 2.04 bits per heavy atom. The van der Waals surface area contributed by atoms with Crippen LogP contribution in [0.5, 0.6) is 0 Å². The lowest BCUT2D eigenvalue weighted by Gasteiger charge is -2.29. The Morgan fingerprint density at radius 3 is 2.84 bits per heavy atom. The number of nitrogens with zero attached hydrogens (tertiary/aromatic N) is 4. The summed E-state index contributed by atoms with van der Waals surface area (Å²) in [6, 6.07) is 8.29. The number of β-amino-alcohol motifs (C(OH)–C–C–N with tert-alkyl or cyclic N) is 1. The Kier molecular flexibility index (Phi) is 4.50. The third-order valence-electron chi connectivity index (χ3n) is 4.73. The van der Waals surface area contributed by atoms with Gasteiger partial charge in [-0.25, -0.2) is 9.37 Å². The molecular weight excluding hydrogens is 323 g/mol. The van der Waals surface area contributed by atoms with E-state index in [1.807, 2.05) is 17.0 Å². The summed E-state index contributed by atoms with van der Waals surface area (Å²) in [5, 5.41) is 10.2. The second-order valence-electron chi connectivity index (χ2n) is 6.43. The van der Waals surface area contributed by atoms with Crippen LogP contribution >= 0.6 is 0 Å². The molecule has 2 aromatic rings. The summed E-state index contributed by atoms with van der Waals surface area (Å²) in [5.41, 5.74) is 0.850. The second-order valence-corrected chi connectivity index (χ2v) is 6.43. The third kappa shape index (κ3) is 3.43. The quantitative estimate of drug-likeness (QED) is 0.916. The molecular formula is C18H21FN4O2. The van der Waals surface area contributed by atoms with Gasteiger partial charge in [0.15, 0.2) is 0 Å². The lowest BCUT2D eigenvalue weighted by atomic mass is 10.0. The highest BCUT2D eigenvalue weighted by molar-refractivity contribution is 5.48. The van der Waals surface area contributed by atoms with E-state index in [0.717, 1.165) is 24.5 Å². The molecule has 0 radical (unpaired) electrons. The zero-order valence-electron chi connectivity index (χ0n) is 13.9. The van der Waals surface area contributed by atoms with Crippen LogP contribution in [0.3, 0.4) is 0 Å². The van der Waals surface area contributed by atoms with Crippen molar-refractivity contribution in [2.75, 3.05) is 42.6 Å². The summed E-state index contributed by atoms with van der Waals surface area (Å²) in [6.07, 6.45) is 1.83. The molecule has 0 unspecified atom stereocenters. The third-order valence-corrected chi connectivity index (χ3v) is 4.73. The van der Waals surface area contributed by atoms with Gasteiger partial charge in [-0.2, -0.15) is 4.98 Å². The van der Waals surface area contributed by atoms with Crippen LogP contribution in [0.25, 0.3) is 0 Å². The standard InChI is InChI=1S/C18H21FN4O2/c19-14-3-1-2-13(10-14)16-11-15(24)12-23(16)17-4-5-20-18(21-17)22-6-8-25-9-7-22/h1-5,10,15-16,24H,6-9,11-12H2/t15-,16+/m1/s1. The first-order chi connectivity index (χ1) is 12.2. The molecule has 1 aromatic carbocycles. The van der Waals surface area contributed by atoms with Gasteiger partial charge in [-0.3, -0.25) is 0 Å². The predicted molar refractivity (Wildman–Crippen MR) is 92.2 cm³/mol. The largest absolute Gasteiger partial charge is 0.391 e. The number of hydrogen-bond acceptors (Lipinski definition) is 6. The number of benzene rings is 1. The molecule has 1 aromatic heterocycles. The summed E-state index contributed by atoms with van der Waals surface area (Å²) < 4.78 is 19.0. The molecule has 1 N–H and O–H groups in total. The van der Waals surface area contributed by atoms with Crippen molar-refractivity contribution < 1.29 is 14.2 Å². The van der Waals surface area contributed by atoms with Crippen LogP contribution in [-0.2, 0) is 4.74 Å². The Labute approximate surface area is 145 Å². The molecule has 7 heteroatoms. The number of hydrogen-bond donors (Lipinski definition) is 1. The van der Waals surface area contributed by atoms with E-state index in [1.165, 1.54) is 12.1 Å². The van der Waals surface area contributed by atoms with Crippen molar-refractivity contribution in [2.45, 2.75) is 18.6 Å². The van der Waals surface area contributed by atoms with Gasteiger partial charge in [0.2, 0.25) is 5.95 Å². The monoisotopic (exact) mass is 344 g/mol. The lowest BCUT2D eigenvalue weighted by Crippen LogP contribution is -2.37. The Morgan fingerprint density at radius 1 is 1.20 bits per heavy atom. The fourth-order valence-electron chi connectivity index (χ4n) is 3.51. The van der Waals surface area contributed by atoms with E-state index in [2.05, 4.69) is 9.88 Å². The van der Waals surface area contributed by atoms with Crippen LogP contribution in [-0.4, -0.2) is 54.0 Å². The van der Waals surface area contributed by atoms with Gasteiger partial charge in [-0.05, 0) is 30.2 Å². The van der Waals surface area contributed by atoms with E-state index in [0.29, 0.717) is 32.1 Å². The fourth-order valence-corrected chi connectivity index (χ4v) is 3.51. The zero-order chi connectivity index (χ0) is 17.2. The van der Waals surface area contributed by atoms with Gasteiger partial charge in [0, 0.05) is 25.8 Å². The van der Waals surface area contributed by atoms with E-state index in [1.54, 1.807) is 12.3 Å². The summed E-state index contributed by atoms with van der Waals surface area (Å²) >= 11 is 0. The molecule has 132 valence electrons. The predicted octanol–water partition coefficient (Wildman–Crippen LogP) is 1.76. The van der Waals surface area contributed by atoms with E-state index >= 15 is 0 Å². The van der Waals surface area contributed by atoms with Gasteiger partial charge in [-0.1, -0.05) is 12.1 Å². The van der Waals surface area contributed by atoms with E-state index < -0.39 is 6.10 Å². The number of aliphatic hydroxyl groups excluding tert-OH is 1. The van der Waals surface area contributed by atoms with E-state index in [9.17, 15) is 9.50 Å². The summed E-state index contributed by atoms with van der Waals surface area (Å²) in [4.78, 5) is 13.2. The molecule has 2 atom stereocenters. The van der Waals surface area contributed by atoms with Gasteiger partial charge >= 0.3 is 0 Å². The molecule has 25 heavy (non-hydrogen) atoms. The molecule has 0 bridgehead atoms. The molecule has 2 fully saturated rings. The van der Waals surface area contributed by atoms with Crippen LogP contribution in [0.15, 0.2) is 36.5 Å². The topological polar surface area (TPSA) is 61.7 Å². The summed E-state index contributed by atoms with van der Waals surface area (Å²) in [6.45, 7) is 3.34.